The molecule has 1 rings (SSSR count). The van der Waals surface area contributed by atoms with Crippen molar-refractivity contribution in [3.05, 3.63) is 35.9 Å². The van der Waals surface area contributed by atoms with Crippen LogP contribution in [0.1, 0.15) is 53.5 Å². The van der Waals surface area contributed by atoms with Gasteiger partial charge < -0.3 is 5.32 Å². The SMILES string of the molecule is CC(CC(C)(C)c1ccccc1)NC(C)C(C)C. The van der Waals surface area contributed by atoms with E-state index in [1.54, 1.807) is 0 Å². The molecule has 1 aromatic carbocycles. The Bertz CT molecular complexity index is 340. The fourth-order valence-electron chi connectivity index (χ4n) is 2.47. The highest BCUT2D eigenvalue weighted by Crippen LogP contribution is 2.28. The van der Waals surface area contributed by atoms with Crippen molar-refractivity contribution in [2.75, 3.05) is 0 Å². The van der Waals surface area contributed by atoms with Gasteiger partial charge in [0.05, 0.1) is 0 Å². The lowest BCUT2D eigenvalue weighted by Gasteiger charge is -2.31. The summed E-state index contributed by atoms with van der Waals surface area (Å²) in [6.45, 7) is 13.8. The zero-order valence-electron chi connectivity index (χ0n) is 12.8. The van der Waals surface area contributed by atoms with E-state index in [0.717, 1.165) is 6.42 Å². The highest BCUT2D eigenvalue weighted by atomic mass is 14.9. The highest BCUT2D eigenvalue weighted by molar-refractivity contribution is 5.23. The van der Waals surface area contributed by atoms with Crippen molar-refractivity contribution in [2.45, 2.75) is 65.5 Å². The second-order valence-electron chi connectivity index (χ2n) is 6.55. The maximum Gasteiger partial charge on any atom is 0.00642 e. The molecule has 0 saturated heterocycles. The zero-order valence-corrected chi connectivity index (χ0v) is 12.8. The maximum atomic E-state index is 3.71. The van der Waals surface area contributed by atoms with Crippen molar-refractivity contribution in [1.82, 2.24) is 5.32 Å². The Morgan fingerprint density at radius 1 is 1.00 bits per heavy atom. The van der Waals surface area contributed by atoms with Gasteiger partial charge in [-0.05, 0) is 37.2 Å². The molecule has 1 heteroatoms. The van der Waals surface area contributed by atoms with Gasteiger partial charge >= 0.3 is 0 Å². The third-order valence-electron chi connectivity index (χ3n) is 3.92. The lowest BCUT2D eigenvalue weighted by Crippen LogP contribution is -2.40. The maximum absolute atomic E-state index is 3.71. The molecule has 0 fully saturated rings. The number of rotatable bonds is 6. The molecule has 0 aliphatic heterocycles. The van der Waals surface area contributed by atoms with Crippen molar-refractivity contribution in [1.29, 1.82) is 0 Å². The van der Waals surface area contributed by atoms with Gasteiger partial charge in [-0.3, -0.25) is 0 Å². The van der Waals surface area contributed by atoms with Crippen LogP contribution in [-0.2, 0) is 5.41 Å². The largest absolute Gasteiger partial charge is 0.311 e. The fraction of sp³-hybridized carbons (Fsp3) is 0.647. The van der Waals surface area contributed by atoms with Gasteiger partial charge in [-0.15, -0.1) is 0 Å². The van der Waals surface area contributed by atoms with Crippen LogP contribution in [0, 0.1) is 5.92 Å². The van der Waals surface area contributed by atoms with Gasteiger partial charge in [0, 0.05) is 12.1 Å². The number of nitrogens with one attached hydrogen (secondary N) is 1. The first-order valence-electron chi connectivity index (χ1n) is 7.14. The van der Waals surface area contributed by atoms with Crippen LogP contribution < -0.4 is 5.32 Å². The monoisotopic (exact) mass is 247 g/mol. The summed E-state index contributed by atoms with van der Waals surface area (Å²) in [6, 6.07) is 11.9. The first kappa shape index (κ1) is 15.2. The quantitative estimate of drug-likeness (QED) is 0.786. The standard InChI is InChI=1S/C17H29N/c1-13(2)15(4)18-14(3)12-17(5,6)16-10-8-7-9-11-16/h7-11,13-15,18H,12H2,1-6H3. The summed E-state index contributed by atoms with van der Waals surface area (Å²) in [6.07, 6.45) is 1.16. The zero-order chi connectivity index (χ0) is 13.8. The molecule has 1 aromatic rings. The number of hydrogen-bond donors (Lipinski definition) is 1. The van der Waals surface area contributed by atoms with E-state index >= 15 is 0 Å². The molecule has 0 radical (unpaired) electrons. The predicted octanol–water partition coefficient (Wildman–Crippen LogP) is 4.38. The second kappa shape index (κ2) is 6.38. The Morgan fingerprint density at radius 3 is 2.06 bits per heavy atom. The van der Waals surface area contributed by atoms with Crippen LogP contribution in [0.2, 0.25) is 0 Å². The van der Waals surface area contributed by atoms with Gasteiger partial charge in [0.15, 0.2) is 0 Å². The Hall–Kier alpha value is -0.820. The van der Waals surface area contributed by atoms with E-state index in [9.17, 15) is 0 Å². The fourth-order valence-corrected chi connectivity index (χ4v) is 2.47. The first-order chi connectivity index (χ1) is 8.33. The van der Waals surface area contributed by atoms with Crippen molar-refractivity contribution < 1.29 is 0 Å². The number of benzene rings is 1. The number of hydrogen-bond acceptors (Lipinski definition) is 1. The lowest BCUT2D eigenvalue weighted by atomic mass is 9.79. The molecule has 0 spiro atoms. The van der Waals surface area contributed by atoms with Gasteiger partial charge in [0.1, 0.15) is 0 Å². The lowest BCUT2D eigenvalue weighted by molar-refractivity contribution is 0.328. The van der Waals surface area contributed by atoms with Crippen molar-refractivity contribution in [3.8, 4) is 0 Å². The Morgan fingerprint density at radius 2 is 1.56 bits per heavy atom. The molecular weight excluding hydrogens is 218 g/mol. The van der Waals surface area contributed by atoms with E-state index in [1.165, 1.54) is 5.56 Å². The third-order valence-corrected chi connectivity index (χ3v) is 3.92. The molecule has 1 nitrogen and oxygen atoms in total. The molecule has 0 bridgehead atoms. The van der Waals surface area contributed by atoms with Crippen LogP contribution in [-0.4, -0.2) is 12.1 Å². The van der Waals surface area contributed by atoms with Crippen molar-refractivity contribution in [2.24, 2.45) is 5.92 Å². The average molecular weight is 247 g/mol. The van der Waals surface area contributed by atoms with Crippen molar-refractivity contribution >= 4 is 0 Å². The topological polar surface area (TPSA) is 12.0 Å². The van der Waals surface area contributed by atoms with Gasteiger partial charge in [-0.1, -0.05) is 58.0 Å². The molecule has 0 aliphatic carbocycles. The van der Waals surface area contributed by atoms with Gasteiger partial charge in [0.2, 0.25) is 0 Å². The summed E-state index contributed by atoms with van der Waals surface area (Å²) in [7, 11) is 0. The van der Waals surface area contributed by atoms with Gasteiger partial charge in [0.25, 0.3) is 0 Å². The Kier molecular flexibility index (Phi) is 5.40. The minimum atomic E-state index is 0.227. The molecule has 102 valence electrons. The Labute approximate surface area is 113 Å². The summed E-state index contributed by atoms with van der Waals surface area (Å²) in [5.74, 6) is 0.687. The summed E-state index contributed by atoms with van der Waals surface area (Å²) in [5, 5.41) is 3.71. The van der Waals surface area contributed by atoms with Gasteiger partial charge in [-0.2, -0.15) is 0 Å². The second-order valence-corrected chi connectivity index (χ2v) is 6.55. The van der Waals surface area contributed by atoms with Gasteiger partial charge in [-0.25, -0.2) is 0 Å². The van der Waals surface area contributed by atoms with E-state index < -0.39 is 0 Å². The average Bonchev–Trinajstić information content (AvgIpc) is 2.29. The highest BCUT2D eigenvalue weighted by Gasteiger charge is 2.24. The summed E-state index contributed by atoms with van der Waals surface area (Å²) in [5.41, 5.74) is 1.65. The molecule has 0 amide bonds. The van der Waals surface area contributed by atoms with E-state index in [1.807, 2.05) is 0 Å². The Balaban J connectivity index is 2.60. The molecule has 0 aliphatic rings. The molecule has 2 unspecified atom stereocenters. The van der Waals surface area contributed by atoms with E-state index in [-0.39, 0.29) is 5.41 Å². The predicted molar refractivity (Wildman–Crippen MR) is 81.0 cm³/mol. The smallest absolute Gasteiger partial charge is 0.00642 e. The van der Waals surface area contributed by atoms with Crippen molar-refractivity contribution in [3.63, 3.8) is 0 Å². The van der Waals surface area contributed by atoms with Crippen LogP contribution in [0.4, 0.5) is 0 Å². The molecule has 0 heterocycles. The molecule has 0 saturated carbocycles. The van der Waals surface area contributed by atoms with Crippen LogP contribution in [0.15, 0.2) is 30.3 Å². The van der Waals surface area contributed by atoms with E-state index in [2.05, 4.69) is 77.2 Å². The van der Waals surface area contributed by atoms with E-state index in [4.69, 9.17) is 0 Å². The molecule has 1 N–H and O–H groups in total. The molecule has 2 atom stereocenters. The molecule has 0 aromatic heterocycles. The summed E-state index contributed by atoms with van der Waals surface area (Å²) >= 11 is 0. The minimum absolute atomic E-state index is 0.227. The third kappa shape index (κ3) is 4.45. The molecular formula is C17H29N. The first-order valence-corrected chi connectivity index (χ1v) is 7.14. The van der Waals surface area contributed by atoms with Crippen LogP contribution in [0.5, 0.6) is 0 Å². The summed E-state index contributed by atoms with van der Waals surface area (Å²) in [4.78, 5) is 0. The van der Waals surface area contributed by atoms with Crippen LogP contribution in [0.25, 0.3) is 0 Å². The van der Waals surface area contributed by atoms with Crippen LogP contribution >= 0.6 is 0 Å². The molecule has 18 heavy (non-hydrogen) atoms. The normalized spacial score (nSPS) is 15.7. The minimum Gasteiger partial charge on any atom is -0.311 e. The van der Waals surface area contributed by atoms with Crippen LogP contribution in [0.3, 0.4) is 0 Å². The van der Waals surface area contributed by atoms with E-state index in [0.29, 0.717) is 18.0 Å². The summed E-state index contributed by atoms with van der Waals surface area (Å²) < 4.78 is 0.